The molecule has 5 heteroatoms. The fourth-order valence-electron chi connectivity index (χ4n) is 1.06. The molecule has 1 aromatic rings. The van der Waals surface area contributed by atoms with Crippen molar-refractivity contribution in [1.29, 1.82) is 5.26 Å². The van der Waals surface area contributed by atoms with Crippen LogP contribution in [0.25, 0.3) is 0 Å². The van der Waals surface area contributed by atoms with Gasteiger partial charge in [0, 0.05) is 0 Å². The highest BCUT2D eigenvalue weighted by Gasteiger charge is 2.10. The summed E-state index contributed by atoms with van der Waals surface area (Å²) in [6, 6.07) is 6.43. The van der Waals surface area contributed by atoms with E-state index in [1.807, 2.05) is 0 Å². The number of ether oxygens (including phenoxy) is 2. The highest BCUT2D eigenvalue weighted by molar-refractivity contribution is 5.96. The Kier molecular flexibility index (Phi) is 3.52. The highest BCUT2D eigenvalue weighted by Crippen LogP contribution is 2.23. The van der Waals surface area contributed by atoms with Crippen LogP contribution in [0, 0.1) is 11.3 Å². The predicted octanol–water partition coefficient (Wildman–Crippen LogP) is 0.696. The Bertz CT molecular complexity index is 410. The van der Waals surface area contributed by atoms with E-state index in [2.05, 4.69) is 0 Å². The van der Waals surface area contributed by atoms with Crippen molar-refractivity contribution >= 4 is 5.91 Å². The number of hydrogen-bond acceptors (Lipinski definition) is 4. The Morgan fingerprint density at radius 3 is 2.87 bits per heavy atom. The molecule has 5 nitrogen and oxygen atoms in total. The average molecular weight is 206 g/mol. The van der Waals surface area contributed by atoms with Crippen molar-refractivity contribution in [1.82, 2.24) is 0 Å². The van der Waals surface area contributed by atoms with Crippen molar-refractivity contribution < 1.29 is 14.3 Å². The summed E-state index contributed by atoms with van der Waals surface area (Å²) in [6.45, 7) is -0.132. The number of rotatable bonds is 4. The van der Waals surface area contributed by atoms with Gasteiger partial charge in [0.15, 0.2) is 6.61 Å². The first-order valence-corrected chi connectivity index (χ1v) is 4.16. The van der Waals surface area contributed by atoms with Gasteiger partial charge in [-0.25, -0.2) is 0 Å². The van der Waals surface area contributed by atoms with Crippen LogP contribution in [-0.4, -0.2) is 19.6 Å². The first-order valence-electron chi connectivity index (χ1n) is 4.16. The summed E-state index contributed by atoms with van der Waals surface area (Å²) in [5.41, 5.74) is 5.35. The SMILES string of the molecule is COc1ccc(OCC#N)c(C(N)=O)c1. The average Bonchev–Trinajstić information content (AvgIpc) is 2.26. The minimum absolute atomic E-state index is 0.132. The second-order valence-corrected chi connectivity index (χ2v) is 2.67. The summed E-state index contributed by atoms with van der Waals surface area (Å²) in [5, 5.41) is 8.34. The van der Waals surface area contributed by atoms with E-state index in [4.69, 9.17) is 20.5 Å². The van der Waals surface area contributed by atoms with Crippen molar-refractivity contribution in [2.45, 2.75) is 0 Å². The molecule has 0 heterocycles. The van der Waals surface area contributed by atoms with Crippen LogP contribution >= 0.6 is 0 Å². The molecular formula is C10H10N2O3. The van der Waals surface area contributed by atoms with Crippen LogP contribution in [0.2, 0.25) is 0 Å². The molecule has 0 spiro atoms. The molecule has 1 amide bonds. The van der Waals surface area contributed by atoms with Gasteiger partial charge in [-0.2, -0.15) is 5.26 Å². The summed E-state index contributed by atoms with van der Waals surface area (Å²) < 4.78 is 9.97. The molecule has 0 aliphatic rings. The molecule has 0 atom stereocenters. The lowest BCUT2D eigenvalue weighted by atomic mass is 10.2. The van der Waals surface area contributed by atoms with E-state index in [9.17, 15) is 4.79 Å². The van der Waals surface area contributed by atoms with Gasteiger partial charge >= 0.3 is 0 Å². The van der Waals surface area contributed by atoms with Crippen LogP contribution < -0.4 is 15.2 Å². The number of amides is 1. The summed E-state index contributed by atoms with van der Waals surface area (Å²) in [5.74, 6) is 0.166. The van der Waals surface area contributed by atoms with Gasteiger partial charge < -0.3 is 15.2 Å². The quantitative estimate of drug-likeness (QED) is 0.785. The van der Waals surface area contributed by atoms with E-state index in [-0.39, 0.29) is 17.9 Å². The number of primary amides is 1. The molecule has 2 N–H and O–H groups in total. The van der Waals surface area contributed by atoms with Gasteiger partial charge in [-0.15, -0.1) is 0 Å². The fraction of sp³-hybridized carbons (Fsp3) is 0.200. The number of hydrogen-bond donors (Lipinski definition) is 1. The molecule has 1 aromatic carbocycles. The number of nitrogens with two attached hydrogens (primary N) is 1. The number of methoxy groups -OCH3 is 1. The largest absolute Gasteiger partial charge is 0.497 e. The molecule has 0 aromatic heterocycles. The zero-order valence-corrected chi connectivity index (χ0v) is 8.19. The van der Waals surface area contributed by atoms with Crippen molar-refractivity contribution in [3.8, 4) is 17.6 Å². The Labute approximate surface area is 87.0 Å². The van der Waals surface area contributed by atoms with E-state index >= 15 is 0 Å². The van der Waals surface area contributed by atoms with Crippen LogP contribution in [0.15, 0.2) is 18.2 Å². The summed E-state index contributed by atoms with van der Waals surface area (Å²) >= 11 is 0. The Hall–Kier alpha value is -2.22. The Morgan fingerprint density at radius 2 is 2.33 bits per heavy atom. The summed E-state index contributed by atoms with van der Waals surface area (Å²) in [4.78, 5) is 11.1. The molecule has 15 heavy (non-hydrogen) atoms. The number of carbonyl (C=O) groups is 1. The topological polar surface area (TPSA) is 85.3 Å². The Morgan fingerprint density at radius 1 is 1.60 bits per heavy atom. The maximum Gasteiger partial charge on any atom is 0.252 e. The van der Waals surface area contributed by atoms with Gasteiger partial charge in [-0.1, -0.05) is 0 Å². The first kappa shape index (κ1) is 10.9. The standard InChI is InChI=1S/C10H10N2O3/c1-14-7-2-3-9(15-5-4-11)8(6-7)10(12)13/h2-3,6H,5H2,1H3,(H2,12,13). The maximum absolute atomic E-state index is 11.1. The van der Waals surface area contributed by atoms with E-state index in [1.165, 1.54) is 19.2 Å². The lowest BCUT2D eigenvalue weighted by Gasteiger charge is -2.08. The highest BCUT2D eigenvalue weighted by atomic mass is 16.5. The molecular weight excluding hydrogens is 196 g/mol. The van der Waals surface area contributed by atoms with Crippen LogP contribution in [0.5, 0.6) is 11.5 Å². The third kappa shape index (κ3) is 2.61. The van der Waals surface area contributed by atoms with Gasteiger partial charge in [0.1, 0.15) is 17.6 Å². The van der Waals surface area contributed by atoms with Crippen molar-refractivity contribution in [3.05, 3.63) is 23.8 Å². The molecule has 0 saturated heterocycles. The van der Waals surface area contributed by atoms with Crippen molar-refractivity contribution in [3.63, 3.8) is 0 Å². The van der Waals surface area contributed by atoms with Gasteiger partial charge in [-0.05, 0) is 18.2 Å². The van der Waals surface area contributed by atoms with Crippen LogP contribution in [-0.2, 0) is 0 Å². The molecule has 0 fully saturated rings. The normalized spacial score (nSPS) is 9.07. The molecule has 0 aliphatic carbocycles. The second-order valence-electron chi connectivity index (χ2n) is 2.67. The van der Waals surface area contributed by atoms with E-state index < -0.39 is 5.91 Å². The molecule has 0 bridgehead atoms. The predicted molar refractivity (Wildman–Crippen MR) is 52.6 cm³/mol. The monoisotopic (exact) mass is 206 g/mol. The van der Waals surface area contributed by atoms with Crippen LogP contribution in [0.1, 0.15) is 10.4 Å². The number of nitrogens with zero attached hydrogens (tertiary/aromatic N) is 1. The van der Waals surface area contributed by atoms with Crippen molar-refractivity contribution in [2.75, 3.05) is 13.7 Å². The first-order chi connectivity index (χ1) is 7.19. The third-order valence-corrected chi connectivity index (χ3v) is 1.74. The lowest BCUT2D eigenvalue weighted by Crippen LogP contribution is -2.13. The number of benzene rings is 1. The molecule has 0 radical (unpaired) electrons. The molecule has 0 unspecified atom stereocenters. The van der Waals surface area contributed by atoms with Crippen LogP contribution in [0.4, 0.5) is 0 Å². The molecule has 0 aliphatic heterocycles. The maximum atomic E-state index is 11.1. The second kappa shape index (κ2) is 4.86. The van der Waals surface area contributed by atoms with Gasteiger partial charge in [-0.3, -0.25) is 4.79 Å². The van der Waals surface area contributed by atoms with E-state index in [1.54, 1.807) is 12.1 Å². The van der Waals surface area contributed by atoms with Crippen molar-refractivity contribution in [2.24, 2.45) is 5.73 Å². The summed E-state index contributed by atoms with van der Waals surface area (Å²) in [7, 11) is 1.48. The van der Waals surface area contributed by atoms with Gasteiger partial charge in [0.2, 0.25) is 0 Å². The fourth-order valence-corrected chi connectivity index (χ4v) is 1.06. The van der Waals surface area contributed by atoms with Crippen LogP contribution in [0.3, 0.4) is 0 Å². The molecule has 1 rings (SSSR count). The minimum Gasteiger partial charge on any atom is -0.497 e. The minimum atomic E-state index is -0.623. The smallest absolute Gasteiger partial charge is 0.252 e. The third-order valence-electron chi connectivity index (χ3n) is 1.74. The zero-order valence-electron chi connectivity index (χ0n) is 8.19. The lowest BCUT2D eigenvalue weighted by molar-refractivity contribution is 0.0996. The summed E-state index contributed by atoms with van der Waals surface area (Å²) in [6.07, 6.45) is 0. The number of nitriles is 1. The van der Waals surface area contributed by atoms with Gasteiger partial charge in [0.05, 0.1) is 12.7 Å². The van der Waals surface area contributed by atoms with Gasteiger partial charge in [0.25, 0.3) is 5.91 Å². The van der Waals surface area contributed by atoms with E-state index in [0.29, 0.717) is 5.75 Å². The number of carbonyl (C=O) groups excluding carboxylic acids is 1. The molecule has 0 saturated carbocycles. The molecule has 78 valence electrons. The Balaban J connectivity index is 3.05. The van der Waals surface area contributed by atoms with E-state index in [0.717, 1.165) is 0 Å². The zero-order chi connectivity index (χ0) is 11.3.